The van der Waals surface area contributed by atoms with E-state index in [0.29, 0.717) is 12.1 Å². The van der Waals surface area contributed by atoms with Gasteiger partial charge in [-0.1, -0.05) is 13.0 Å². The van der Waals surface area contributed by atoms with Crippen molar-refractivity contribution in [2.45, 2.75) is 45.8 Å². The monoisotopic (exact) mass is 328 g/mol. The van der Waals surface area contributed by atoms with Crippen molar-refractivity contribution in [3.63, 3.8) is 0 Å². The van der Waals surface area contributed by atoms with Gasteiger partial charge in [-0.25, -0.2) is 0 Å². The lowest BCUT2D eigenvalue weighted by atomic mass is 10.1. The van der Waals surface area contributed by atoms with Gasteiger partial charge < -0.3 is 14.8 Å². The molecule has 2 unspecified atom stereocenters. The van der Waals surface area contributed by atoms with Gasteiger partial charge in [-0.2, -0.15) is 0 Å². The van der Waals surface area contributed by atoms with Crippen molar-refractivity contribution in [2.75, 3.05) is 26.8 Å². The Hall–Kier alpha value is -0.970. The topological polar surface area (TPSA) is 33.7 Å². The van der Waals surface area contributed by atoms with Crippen LogP contribution in [0.3, 0.4) is 0 Å². The van der Waals surface area contributed by atoms with Gasteiger partial charge in [0.1, 0.15) is 0 Å². The summed E-state index contributed by atoms with van der Waals surface area (Å²) in [6.45, 7) is 10.4. The predicted octanol–water partition coefficient (Wildman–Crippen LogP) is 3.09. The third-order valence-electron chi connectivity index (χ3n) is 3.97. The highest BCUT2D eigenvalue weighted by Gasteiger charge is 2.22. The summed E-state index contributed by atoms with van der Waals surface area (Å²) in [6, 6.07) is 7.38. The number of halogens is 1. The van der Waals surface area contributed by atoms with Crippen LogP contribution in [0.5, 0.6) is 11.5 Å². The average Bonchev–Trinajstić information content (AvgIpc) is 2.49. The minimum absolute atomic E-state index is 0. The molecule has 0 spiro atoms. The lowest BCUT2D eigenvalue weighted by Gasteiger charge is -2.37. The van der Waals surface area contributed by atoms with E-state index in [0.717, 1.165) is 44.2 Å². The quantitative estimate of drug-likeness (QED) is 0.870. The maximum absolute atomic E-state index is 5.71. The fourth-order valence-electron chi connectivity index (χ4n) is 2.69. The van der Waals surface area contributed by atoms with Crippen LogP contribution in [-0.2, 0) is 6.54 Å². The van der Waals surface area contributed by atoms with E-state index < -0.39 is 0 Å². The molecule has 1 aromatic carbocycles. The number of piperazine rings is 1. The van der Waals surface area contributed by atoms with Gasteiger partial charge in [0, 0.05) is 31.7 Å². The lowest BCUT2D eigenvalue weighted by molar-refractivity contribution is 0.138. The van der Waals surface area contributed by atoms with Crippen molar-refractivity contribution in [2.24, 2.45) is 0 Å². The summed E-state index contributed by atoms with van der Waals surface area (Å²) in [6.07, 6.45) is 1.00. The van der Waals surface area contributed by atoms with Crippen LogP contribution in [0.2, 0.25) is 0 Å². The van der Waals surface area contributed by atoms with Crippen molar-refractivity contribution >= 4 is 12.4 Å². The molecule has 0 radical (unpaired) electrons. The largest absolute Gasteiger partial charge is 0.493 e. The number of nitrogens with zero attached hydrogens (tertiary/aromatic N) is 1. The van der Waals surface area contributed by atoms with E-state index in [4.69, 9.17) is 9.47 Å². The minimum Gasteiger partial charge on any atom is -0.493 e. The van der Waals surface area contributed by atoms with Crippen LogP contribution in [0, 0.1) is 0 Å². The van der Waals surface area contributed by atoms with Crippen LogP contribution in [0.25, 0.3) is 0 Å². The maximum Gasteiger partial charge on any atom is 0.161 e. The van der Waals surface area contributed by atoms with Gasteiger partial charge in [0.2, 0.25) is 0 Å². The Morgan fingerprint density at radius 2 is 2.05 bits per heavy atom. The smallest absolute Gasteiger partial charge is 0.161 e. The maximum atomic E-state index is 5.71. The number of nitrogens with one attached hydrogen (secondary N) is 1. The number of hydrogen-bond donors (Lipinski definition) is 1. The van der Waals surface area contributed by atoms with E-state index in [1.54, 1.807) is 7.11 Å². The van der Waals surface area contributed by atoms with Crippen molar-refractivity contribution in [1.82, 2.24) is 10.2 Å². The highest BCUT2D eigenvalue weighted by atomic mass is 35.5. The summed E-state index contributed by atoms with van der Waals surface area (Å²) in [5, 5.41) is 3.52. The van der Waals surface area contributed by atoms with E-state index in [-0.39, 0.29) is 12.4 Å². The Labute approximate surface area is 140 Å². The molecule has 4 nitrogen and oxygen atoms in total. The van der Waals surface area contributed by atoms with Gasteiger partial charge in [0.25, 0.3) is 0 Å². The van der Waals surface area contributed by atoms with Crippen LogP contribution in [0.4, 0.5) is 0 Å². The van der Waals surface area contributed by atoms with Crippen molar-refractivity contribution in [3.8, 4) is 11.5 Å². The molecule has 1 heterocycles. The number of benzene rings is 1. The van der Waals surface area contributed by atoms with Gasteiger partial charge in [0.15, 0.2) is 11.5 Å². The van der Waals surface area contributed by atoms with Crippen LogP contribution >= 0.6 is 12.4 Å². The van der Waals surface area contributed by atoms with Crippen LogP contribution in [0.1, 0.15) is 32.8 Å². The lowest BCUT2D eigenvalue weighted by Crippen LogP contribution is -2.53. The van der Waals surface area contributed by atoms with E-state index in [1.165, 1.54) is 5.56 Å². The summed E-state index contributed by atoms with van der Waals surface area (Å²) in [5.74, 6) is 1.67. The molecule has 5 heteroatoms. The molecular formula is C17H29ClN2O2. The zero-order chi connectivity index (χ0) is 15.2. The molecule has 1 aliphatic rings. The number of hydrogen-bond acceptors (Lipinski definition) is 4. The summed E-state index contributed by atoms with van der Waals surface area (Å²) >= 11 is 0. The molecule has 0 saturated carbocycles. The van der Waals surface area contributed by atoms with E-state index in [1.807, 2.05) is 6.07 Å². The molecule has 0 bridgehead atoms. The Morgan fingerprint density at radius 3 is 2.73 bits per heavy atom. The first-order valence-corrected chi connectivity index (χ1v) is 7.91. The Bertz CT molecular complexity index is 456. The fraction of sp³-hybridized carbons (Fsp3) is 0.647. The molecular weight excluding hydrogens is 300 g/mol. The minimum atomic E-state index is 0. The highest BCUT2D eigenvalue weighted by Crippen LogP contribution is 2.29. The highest BCUT2D eigenvalue weighted by molar-refractivity contribution is 5.85. The Balaban J connectivity index is 0.00000242. The van der Waals surface area contributed by atoms with Gasteiger partial charge in [-0.3, -0.25) is 4.90 Å². The van der Waals surface area contributed by atoms with Gasteiger partial charge >= 0.3 is 0 Å². The molecule has 126 valence electrons. The number of rotatable bonds is 6. The number of ether oxygens (including phenoxy) is 2. The van der Waals surface area contributed by atoms with Crippen molar-refractivity contribution in [3.05, 3.63) is 23.8 Å². The standard InChI is InChI=1S/C17H28N2O2.ClH/c1-5-8-21-16-7-6-15(9-17(16)20-4)12-19-11-13(2)18-10-14(19)3;/h6-7,9,13-14,18H,5,8,10-12H2,1-4H3;1H. The zero-order valence-electron chi connectivity index (χ0n) is 14.1. The van der Waals surface area contributed by atoms with Crippen molar-refractivity contribution in [1.29, 1.82) is 0 Å². The third kappa shape index (κ3) is 5.04. The molecule has 0 amide bonds. The molecule has 2 rings (SSSR count). The predicted molar refractivity (Wildman–Crippen MR) is 93.4 cm³/mol. The molecule has 2 atom stereocenters. The van der Waals surface area contributed by atoms with E-state index in [2.05, 4.69) is 43.1 Å². The van der Waals surface area contributed by atoms with Crippen LogP contribution in [-0.4, -0.2) is 43.8 Å². The van der Waals surface area contributed by atoms with Gasteiger partial charge in [-0.15, -0.1) is 12.4 Å². The second-order valence-electron chi connectivity index (χ2n) is 5.92. The van der Waals surface area contributed by atoms with Crippen LogP contribution < -0.4 is 14.8 Å². The second-order valence-corrected chi connectivity index (χ2v) is 5.92. The summed E-state index contributed by atoms with van der Waals surface area (Å²) in [5.41, 5.74) is 1.27. The first-order chi connectivity index (χ1) is 10.1. The molecule has 22 heavy (non-hydrogen) atoms. The normalized spacial score (nSPS) is 22.0. The molecule has 1 aromatic rings. The van der Waals surface area contributed by atoms with Crippen molar-refractivity contribution < 1.29 is 9.47 Å². The molecule has 1 fully saturated rings. The molecule has 0 aliphatic carbocycles. The molecule has 1 N–H and O–H groups in total. The summed E-state index contributed by atoms with van der Waals surface area (Å²) < 4.78 is 11.2. The van der Waals surface area contributed by atoms with E-state index >= 15 is 0 Å². The van der Waals surface area contributed by atoms with Gasteiger partial charge in [0.05, 0.1) is 13.7 Å². The third-order valence-corrected chi connectivity index (χ3v) is 3.97. The van der Waals surface area contributed by atoms with Crippen LogP contribution in [0.15, 0.2) is 18.2 Å². The number of methoxy groups -OCH3 is 1. The van der Waals surface area contributed by atoms with E-state index in [9.17, 15) is 0 Å². The average molecular weight is 329 g/mol. The molecule has 0 aromatic heterocycles. The first kappa shape index (κ1) is 19.1. The molecule has 1 aliphatic heterocycles. The Morgan fingerprint density at radius 1 is 1.27 bits per heavy atom. The zero-order valence-corrected chi connectivity index (χ0v) is 14.9. The second kappa shape index (κ2) is 9.23. The van der Waals surface area contributed by atoms with Gasteiger partial charge in [-0.05, 0) is 38.0 Å². The molecule has 1 saturated heterocycles. The summed E-state index contributed by atoms with van der Waals surface area (Å²) in [7, 11) is 1.70. The first-order valence-electron chi connectivity index (χ1n) is 7.91. The Kier molecular flexibility index (Phi) is 8.01. The fourth-order valence-corrected chi connectivity index (χ4v) is 2.69. The summed E-state index contributed by atoms with van der Waals surface area (Å²) in [4.78, 5) is 2.52. The SMILES string of the molecule is CCCOc1ccc(CN2CC(C)NCC2C)cc1OC.Cl.